The maximum Gasteiger partial charge on any atom is 0.126 e. The number of benzene rings is 1. The Morgan fingerprint density at radius 1 is 1.60 bits per heavy atom. The summed E-state index contributed by atoms with van der Waals surface area (Å²) in [6.07, 6.45) is 0.774. The van der Waals surface area contributed by atoms with Crippen molar-refractivity contribution < 1.29 is 14.2 Å². The summed E-state index contributed by atoms with van der Waals surface area (Å²) in [5.74, 6) is 0.449. The Balaban J connectivity index is 2.16. The van der Waals surface area contributed by atoms with Gasteiger partial charge >= 0.3 is 0 Å². The fraction of sp³-hybridized carbons (Fsp3) is 0.455. The first-order valence-electron chi connectivity index (χ1n) is 4.90. The number of aliphatic hydroxyl groups is 1. The summed E-state index contributed by atoms with van der Waals surface area (Å²) in [7, 11) is 0. The minimum absolute atomic E-state index is 0.192. The molecule has 82 valence electrons. The van der Waals surface area contributed by atoms with E-state index < -0.39 is 6.10 Å². The Kier molecular flexibility index (Phi) is 3.26. The molecule has 4 heteroatoms. The largest absolute Gasteiger partial charge is 0.487 e. The highest BCUT2D eigenvalue weighted by Gasteiger charge is 2.25. The smallest absolute Gasteiger partial charge is 0.126 e. The molecule has 2 rings (SSSR count). The second kappa shape index (κ2) is 4.49. The van der Waals surface area contributed by atoms with E-state index in [-0.39, 0.29) is 11.9 Å². The molecule has 1 aliphatic heterocycles. The second-order valence-electron chi connectivity index (χ2n) is 3.67. The number of alkyl halides is 1. The molecule has 2 nitrogen and oxygen atoms in total. The van der Waals surface area contributed by atoms with Gasteiger partial charge in [-0.05, 0) is 36.6 Å². The Morgan fingerprint density at radius 2 is 2.40 bits per heavy atom. The van der Waals surface area contributed by atoms with Crippen molar-refractivity contribution in [1.29, 1.82) is 0 Å². The van der Waals surface area contributed by atoms with Gasteiger partial charge in [0.05, 0.1) is 0 Å². The zero-order valence-electron chi connectivity index (χ0n) is 8.12. The Bertz CT molecular complexity index is 356. The van der Waals surface area contributed by atoms with Crippen LogP contribution in [0.2, 0.25) is 0 Å². The van der Waals surface area contributed by atoms with E-state index in [1.54, 1.807) is 6.07 Å². The van der Waals surface area contributed by atoms with Crippen molar-refractivity contribution in [3.05, 3.63) is 29.6 Å². The average molecular weight is 275 g/mol. The third kappa shape index (κ3) is 2.32. The fourth-order valence-electron chi connectivity index (χ4n) is 1.75. The van der Waals surface area contributed by atoms with Crippen LogP contribution in [-0.4, -0.2) is 22.6 Å². The molecular weight excluding hydrogens is 263 g/mol. The summed E-state index contributed by atoms with van der Waals surface area (Å²) in [5.41, 5.74) is 0.882. The first-order chi connectivity index (χ1) is 7.20. The van der Waals surface area contributed by atoms with Crippen LogP contribution in [-0.2, 0) is 6.42 Å². The molecule has 0 unspecified atom stereocenters. The highest BCUT2D eigenvalue weighted by molar-refractivity contribution is 9.09. The molecule has 0 spiro atoms. The van der Waals surface area contributed by atoms with Gasteiger partial charge in [0.2, 0.25) is 0 Å². The zero-order chi connectivity index (χ0) is 10.8. The molecule has 15 heavy (non-hydrogen) atoms. The van der Waals surface area contributed by atoms with Crippen molar-refractivity contribution in [2.45, 2.75) is 25.0 Å². The molecule has 1 heterocycles. The molecule has 2 atom stereocenters. The normalized spacial score (nSPS) is 21.7. The molecule has 0 bridgehead atoms. The number of ether oxygens (including phenoxy) is 1. The third-order valence-electron chi connectivity index (χ3n) is 2.59. The van der Waals surface area contributed by atoms with E-state index in [0.717, 1.165) is 18.4 Å². The van der Waals surface area contributed by atoms with Crippen LogP contribution < -0.4 is 4.74 Å². The summed E-state index contributed by atoms with van der Waals surface area (Å²) < 4.78 is 18.5. The fourth-order valence-corrected chi connectivity index (χ4v) is 2.17. The first-order valence-corrected chi connectivity index (χ1v) is 6.02. The molecule has 1 aliphatic rings. The van der Waals surface area contributed by atoms with Crippen LogP contribution >= 0.6 is 15.9 Å². The maximum atomic E-state index is 12.9. The van der Waals surface area contributed by atoms with Gasteiger partial charge in [0.25, 0.3) is 0 Å². The monoisotopic (exact) mass is 274 g/mol. The molecule has 0 amide bonds. The molecule has 0 saturated carbocycles. The van der Waals surface area contributed by atoms with Gasteiger partial charge in [-0.15, -0.1) is 0 Å². The third-order valence-corrected chi connectivity index (χ3v) is 3.25. The highest BCUT2D eigenvalue weighted by atomic mass is 79.9. The van der Waals surface area contributed by atoms with E-state index in [9.17, 15) is 9.50 Å². The van der Waals surface area contributed by atoms with Crippen LogP contribution in [0.3, 0.4) is 0 Å². The van der Waals surface area contributed by atoms with Crippen molar-refractivity contribution in [3.8, 4) is 5.75 Å². The van der Waals surface area contributed by atoms with Crippen LogP contribution in [0, 0.1) is 5.82 Å². The lowest BCUT2D eigenvalue weighted by Gasteiger charge is -2.28. The van der Waals surface area contributed by atoms with Gasteiger partial charge in [-0.1, -0.05) is 15.9 Å². The lowest BCUT2D eigenvalue weighted by Crippen LogP contribution is -2.35. The van der Waals surface area contributed by atoms with E-state index >= 15 is 0 Å². The van der Waals surface area contributed by atoms with Gasteiger partial charge in [-0.3, -0.25) is 0 Å². The van der Waals surface area contributed by atoms with Gasteiger partial charge in [0.1, 0.15) is 23.8 Å². The summed E-state index contributed by atoms with van der Waals surface area (Å²) >= 11 is 3.21. The number of rotatable bonds is 2. The zero-order valence-corrected chi connectivity index (χ0v) is 9.71. The van der Waals surface area contributed by atoms with E-state index in [1.165, 1.54) is 12.1 Å². The predicted molar refractivity (Wildman–Crippen MR) is 58.9 cm³/mol. The van der Waals surface area contributed by atoms with Gasteiger partial charge in [0, 0.05) is 5.33 Å². The standard InChI is InChI=1S/C11H12BrFO2/c12-6-9(14)11-3-1-7-5-8(13)2-4-10(7)15-11/h2,4-5,9,11,14H,1,3,6H2/t9-,11+/m0/s1. The molecule has 0 aromatic heterocycles. The number of hydrogen-bond acceptors (Lipinski definition) is 2. The van der Waals surface area contributed by atoms with Crippen molar-refractivity contribution in [1.82, 2.24) is 0 Å². The summed E-state index contributed by atoms with van der Waals surface area (Å²) in [5, 5.41) is 10.1. The number of hydrogen-bond donors (Lipinski definition) is 1. The molecule has 0 saturated heterocycles. The lowest BCUT2D eigenvalue weighted by atomic mass is 10.00. The molecule has 0 radical (unpaired) electrons. The molecule has 1 aromatic carbocycles. The van der Waals surface area contributed by atoms with E-state index in [0.29, 0.717) is 11.1 Å². The van der Waals surface area contributed by atoms with Crippen molar-refractivity contribution >= 4 is 15.9 Å². The molecule has 0 aliphatic carbocycles. The van der Waals surface area contributed by atoms with Crippen LogP contribution in [0.1, 0.15) is 12.0 Å². The molecule has 1 N–H and O–H groups in total. The number of fused-ring (bicyclic) bond motifs is 1. The minimum atomic E-state index is -0.511. The van der Waals surface area contributed by atoms with Gasteiger partial charge in [-0.2, -0.15) is 0 Å². The van der Waals surface area contributed by atoms with Gasteiger partial charge < -0.3 is 9.84 Å². The quantitative estimate of drug-likeness (QED) is 0.839. The van der Waals surface area contributed by atoms with Gasteiger partial charge in [-0.25, -0.2) is 4.39 Å². The van der Waals surface area contributed by atoms with Crippen molar-refractivity contribution in [2.24, 2.45) is 0 Å². The second-order valence-corrected chi connectivity index (χ2v) is 4.32. The Labute approximate surface area is 96.2 Å². The van der Waals surface area contributed by atoms with Crippen LogP contribution in [0.4, 0.5) is 4.39 Å². The van der Waals surface area contributed by atoms with E-state index in [1.807, 2.05) is 0 Å². The topological polar surface area (TPSA) is 29.5 Å². The van der Waals surface area contributed by atoms with Crippen LogP contribution in [0.25, 0.3) is 0 Å². The number of halogens is 2. The molecule has 1 aromatic rings. The van der Waals surface area contributed by atoms with E-state index in [2.05, 4.69) is 15.9 Å². The maximum absolute atomic E-state index is 12.9. The van der Waals surface area contributed by atoms with Crippen molar-refractivity contribution in [3.63, 3.8) is 0 Å². The van der Waals surface area contributed by atoms with Crippen LogP contribution in [0.5, 0.6) is 5.75 Å². The Hall–Kier alpha value is -0.610. The average Bonchev–Trinajstić information content (AvgIpc) is 2.27. The van der Waals surface area contributed by atoms with Crippen molar-refractivity contribution in [2.75, 3.05) is 5.33 Å². The van der Waals surface area contributed by atoms with Crippen LogP contribution in [0.15, 0.2) is 18.2 Å². The van der Waals surface area contributed by atoms with E-state index in [4.69, 9.17) is 4.74 Å². The Morgan fingerprint density at radius 3 is 3.13 bits per heavy atom. The first kappa shape index (κ1) is 10.9. The number of aryl methyl sites for hydroxylation is 1. The lowest BCUT2D eigenvalue weighted by molar-refractivity contribution is 0.0392. The SMILES string of the molecule is O[C@@H](CBr)[C@H]1CCc2cc(F)ccc2O1. The predicted octanol–water partition coefficient (Wildman–Crippen LogP) is 2.28. The molecular formula is C11H12BrFO2. The summed E-state index contributed by atoms with van der Waals surface area (Å²) in [6.45, 7) is 0. The summed E-state index contributed by atoms with van der Waals surface area (Å²) in [6, 6.07) is 4.49. The van der Waals surface area contributed by atoms with Gasteiger partial charge in [0.15, 0.2) is 0 Å². The molecule has 0 fully saturated rings. The highest BCUT2D eigenvalue weighted by Crippen LogP contribution is 2.29. The summed E-state index contributed by atoms with van der Waals surface area (Å²) in [4.78, 5) is 0. The minimum Gasteiger partial charge on any atom is -0.487 e. The number of aliphatic hydroxyl groups excluding tert-OH is 1.